The van der Waals surface area contributed by atoms with Crippen LogP contribution in [0.2, 0.25) is 0 Å². The molecule has 1 aliphatic carbocycles. The molecule has 0 bridgehead atoms. The van der Waals surface area contributed by atoms with E-state index in [1.165, 1.54) is 11.1 Å². The summed E-state index contributed by atoms with van der Waals surface area (Å²) in [4.78, 5) is 28.9. The van der Waals surface area contributed by atoms with E-state index in [-0.39, 0.29) is 5.78 Å². The van der Waals surface area contributed by atoms with Crippen molar-refractivity contribution in [1.29, 1.82) is 0 Å². The summed E-state index contributed by atoms with van der Waals surface area (Å²) in [6, 6.07) is 24.0. The van der Waals surface area contributed by atoms with Gasteiger partial charge in [0.1, 0.15) is 5.60 Å². The number of carbonyl (C=O) groups is 2. The number of hydrogen-bond acceptors (Lipinski definition) is 3. The van der Waals surface area contributed by atoms with E-state index in [2.05, 4.69) is 12.1 Å². The molecule has 32 heavy (non-hydrogen) atoms. The van der Waals surface area contributed by atoms with E-state index in [1.54, 1.807) is 4.90 Å². The van der Waals surface area contributed by atoms with Gasteiger partial charge >= 0.3 is 6.09 Å². The number of nitrogens with zero attached hydrogens (tertiary/aromatic N) is 1. The molecule has 0 fully saturated rings. The fraction of sp³-hybridized carbons (Fsp3) is 0.286. The summed E-state index contributed by atoms with van der Waals surface area (Å²) >= 11 is 0. The molecule has 1 heterocycles. The van der Waals surface area contributed by atoms with Gasteiger partial charge in [-0.25, -0.2) is 4.79 Å². The summed E-state index contributed by atoms with van der Waals surface area (Å²) in [5.74, 6) is 0.112. The second-order valence-corrected chi connectivity index (χ2v) is 9.90. The van der Waals surface area contributed by atoms with Crippen molar-refractivity contribution in [1.82, 2.24) is 0 Å². The molecule has 5 rings (SSSR count). The third kappa shape index (κ3) is 3.50. The van der Waals surface area contributed by atoms with Crippen molar-refractivity contribution >= 4 is 17.6 Å². The Morgan fingerprint density at radius 3 is 2.12 bits per heavy atom. The lowest BCUT2D eigenvalue weighted by atomic mass is 9.73. The molecule has 162 valence electrons. The van der Waals surface area contributed by atoms with E-state index in [4.69, 9.17) is 4.74 Å². The summed E-state index contributed by atoms with van der Waals surface area (Å²) in [6.45, 7) is 5.91. The van der Waals surface area contributed by atoms with Crippen LogP contribution in [-0.2, 0) is 17.6 Å². The third-order valence-electron chi connectivity index (χ3n) is 6.37. The Balaban J connectivity index is 1.62. The molecule has 1 spiro atoms. The molecule has 3 aromatic rings. The van der Waals surface area contributed by atoms with Gasteiger partial charge in [-0.3, -0.25) is 9.69 Å². The first-order valence-corrected chi connectivity index (χ1v) is 11.1. The maximum Gasteiger partial charge on any atom is 0.414 e. The summed E-state index contributed by atoms with van der Waals surface area (Å²) in [6.07, 6.45) is 0.862. The molecule has 1 aliphatic heterocycles. The van der Waals surface area contributed by atoms with Gasteiger partial charge in [-0.1, -0.05) is 60.7 Å². The average molecular weight is 426 g/mol. The van der Waals surface area contributed by atoms with Gasteiger partial charge in [0, 0.05) is 12.1 Å². The van der Waals surface area contributed by atoms with Gasteiger partial charge in [0.15, 0.2) is 5.78 Å². The first-order valence-electron chi connectivity index (χ1n) is 11.1. The van der Waals surface area contributed by atoms with Gasteiger partial charge < -0.3 is 4.74 Å². The van der Waals surface area contributed by atoms with Crippen molar-refractivity contribution in [2.24, 2.45) is 5.41 Å². The monoisotopic (exact) mass is 425 g/mol. The van der Waals surface area contributed by atoms with E-state index in [0.29, 0.717) is 30.6 Å². The highest BCUT2D eigenvalue weighted by molar-refractivity contribution is 6.12. The number of ether oxygens (including phenoxy) is 1. The number of anilines is 1. The second kappa shape index (κ2) is 7.33. The molecule has 1 amide bonds. The summed E-state index contributed by atoms with van der Waals surface area (Å²) in [7, 11) is 0. The lowest BCUT2D eigenvalue weighted by Gasteiger charge is -2.40. The molecular weight excluding hydrogens is 398 g/mol. The molecule has 4 heteroatoms. The van der Waals surface area contributed by atoms with Crippen LogP contribution in [0, 0.1) is 5.41 Å². The van der Waals surface area contributed by atoms with Crippen LogP contribution in [0.4, 0.5) is 10.5 Å². The molecule has 0 aromatic heterocycles. The van der Waals surface area contributed by atoms with Crippen molar-refractivity contribution in [3.05, 3.63) is 89.5 Å². The SMILES string of the molecule is CC(C)(C)OC(=O)N1CC2(Cc3ccccc3C2)C(=O)c2cc(-c3ccccc3)ccc21. The number of hydrogen-bond donors (Lipinski definition) is 0. The average Bonchev–Trinajstić information content (AvgIpc) is 3.14. The van der Waals surface area contributed by atoms with Gasteiger partial charge in [0.2, 0.25) is 0 Å². The molecule has 0 radical (unpaired) electrons. The summed E-state index contributed by atoms with van der Waals surface area (Å²) in [5, 5.41) is 0. The largest absolute Gasteiger partial charge is 0.443 e. The number of rotatable bonds is 1. The first kappa shape index (κ1) is 20.5. The van der Waals surface area contributed by atoms with Crippen LogP contribution < -0.4 is 4.90 Å². The van der Waals surface area contributed by atoms with E-state index >= 15 is 0 Å². The highest BCUT2D eigenvalue weighted by atomic mass is 16.6. The molecule has 0 saturated carbocycles. The normalized spacial score (nSPS) is 16.6. The van der Waals surface area contributed by atoms with Gasteiger partial charge in [-0.05, 0) is 68.0 Å². The molecule has 0 unspecified atom stereocenters. The quantitative estimate of drug-likeness (QED) is 0.475. The third-order valence-corrected chi connectivity index (χ3v) is 6.37. The fourth-order valence-electron chi connectivity index (χ4n) is 4.96. The highest BCUT2D eigenvalue weighted by Crippen LogP contribution is 2.46. The first-order chi connectivity index (χ1) is 15.3. The fourth-order valence-corrected chi connectivity index (χ4v) is 4.96. The van der Waals surface area contributed by atoms with Crippen LogP contribution in [0.1, 0.15) is 42.3 Å². The van der Waals surface area contributed by atoms with Gasteiger partial charge in [-0.15, -0.1) is 0 Å². The molecule has 3 aromatic carbocycles. The number of Topliss-reactive ketones (excluding diaryl/α,β-unsaturated/α-hetero) is 1. The minimum Gasteiger partial charge on any atom is -0.443 e. The van der Waals surface area contributed by atoms with E-state index < -0.39 is 17.1 Å². The number of ketones is 1. The van der Waals surface area contributed by atoms with E-state index in [9.17, 15) is 9.59 Å². The van der Waals surface area contributed by atoms with Gasteiger partial charge in [-0.2, -0.15) is 0 Å². The van der Waals surface area contributed by atoms with Crippen molar-refractivity contribution in [2.45, 2.75) is 39.2 Å². The molecule has 0 saturated heterocycles. The van der Waals surface area contributed by atoms with Gasteiger partial charge in [0.05, 0.1) is 11.1 Å². The summed E-state index contributed by atoms with van der Waals surface area (Å²) in [5.41, 5.74) is 4.33. The minimum atomic E-state index is -0.664. The van der Waals surface area contributed by atoms with Gasteiger partial charge in [0.25, 0.3) is 0 Å². The van der Waals surface area contributed by atoms with Crippen LogP contribution in [0.25, 0.3) is 11.1 Å². The molecule has 2 aliphatic rings. The number of fused-ring (bicyclic) bond motifs is 2. The minimum absolute atomic E-state index is 0.112. The zero-order valence-electron chi connectivity index (χ0n) is 18.7. The van der Waals surface area contributed by atoms with Crippen LogP contribution in [-0.4, -0.2) is 24.0 Å². The Bertz CT molecular complexity index is 1180. The predicted molar refractivity (Wildman–Crippen MR) is 126 cm³/mol. The topological polar surface area (TPSA) is 46.6 Å². The van der Waals surface area contributed by atoms with Crippen LogP contribution in [0.5, 0.6) is 0 Å². The smallest absolute Gasteiger partial charge is 0.414 e. The van der Waals surface area contributed by atoms with E-state index in [0.717, 1.165) is 11.1 Å². The Morgan fingerprint density at radius 2 is 1.50 bits per heavy atom. The van der Waals surface area contributed by atoms with Crippen LogP contribution in [0.3, 0.4) is 0 Å². The summed E-state index contributed by atoms with van der Waals surface area (Å²) < 4.78 is 5.74. The number of benzene rings is 3. The highest BCUT2D eigenvalue weighted by Gasteiger charge is 2.50. The molecule has 0 N–H and O–H groups in total. The number of carbonyl (C=O) groups excluding carboxylic acids is 2. The van der Waals surface area contributed by atoms with Crippen molar-refractivity contribution in [3.8, 4) is 11.1 Å². The van der Waals surface area contributed by atoms with Crippen molar-refractivity contribution < 1.29 is 14.3 Å². The Labute approximate surface area is 188 Å². The lowest BCUT2D eigenvalue weighted by molar-refractivity contribution is 0.0547. The van der Waals surface area contributed by atoms with Crippen molar-refractivity contribution in [3.63, 3.8) is 0 Å². The maximum absolute atomic E-state index is 14.0. The standard InChI is InChI=1S/C28H27NO3/c1-27(2,3)32-26(31)29-18-28(16-21-11-7-8-12-22(21)17-28)25(30)23-15-20(13-14-24(23)29)19-9-5-4-6-10-19/h4-15H,16-18H2,1-3H3. The van der Waals surface area contributed by atoms with Crippen LogP contribution >= 0.6 is 0 Å². The lowest BCUT2D eigenvalue weighted by Crippen LogP contribution is -2.52. The second-order valence-electron chi connectivity index (χ2n) is 9.90. The molecular formula is C28H27NO3. The zero-order chi connectivity index (χ0) is 22.5. The zero-order valence-corrected chi connectivity index (χ0v) is 18.7. The van der Waals surface area contributed by atoms with E-state index in [1.807, 2.05) is 81.4 Å². The van der Waals surface area contributed by atoms with Crippen LogP contribution in [0.15, 0.2) is 72.8 Å². The maximum atomic E-state index is 14.0. The Morgan fingerprint density at radius 1 is 0.875 bits per heavy atom. The molecule has 4 nitrogen and oxygen atoms in total. The Kier molecular flexibility index (Phi) is 4.70. The predicted octanol–water partition coefficient (Wildman–Crippen LogP) is 6.08. The van der Waals surface area contributed by atoms with Crippen molar-refractivity contribution in [2.75, 3.05) is 11.4 Å². The molecule has 0 atom stereocenters. The number of amides is 1. The Hall–Kier alpha value is -3.40.